The lowest BCUT2D eigenvalue weighted by Gasteiger charge is -2.12. The summed E-state index contributed by atoms with van der Waals surface area (Å²) in [4.78, 5) is 21.3. The van der Waals surface area contributed by atoms with Crippen molar-refractivity contribution in [2.75, 3.05) is 6.54 Å². The lowest BCUT2D eigenvalue weighted by Crippen LogP contribution is -2.39. The molecule has 0 fully saturated rings. The van der Waals surface area contributed by atoms with Gasteiger partial charge in [-0.1, -0.05) is 12.1 Å². The number of benzene rings is 1. The molecule has 1 unspecified atom stereocenters. The summed E-state index contributed by atoms with van der Waals surface area (Å²) in [7, 11) is 0. The second kappa shape index (κ2) is 6.84. The van der Waals surface area contributed by atoms with E-state index >= 15 is 0 Å². The predicted octanol–water partition coefficient (Wildman–Crippen LogP) is 1.19. The fourth-order valence-electron chi connectivity index (χ4n) is 1.67. The minimum absolute atomic E-state index is 0.286. The third kappa shape index (κ3) is 5.05. The smallest absolute Gasteiger partial charge is 0.321 e. The summed E-state index contributed by atoms with van der Waals surface area (Å²) in [5, 5.41) is 20.1. The summed E-state index contributed by atoms with van der Waals surface area (Å²) in [6.07, 6.45) is 0.0301. The number of carboxylic acids is 2. The first kappa shape index (κ1) is 15.1. The topological polar surface area (TPSA) is 86.6 Å². The summed E-state index contributed by atoms with van der Waals surface area (Å²) in [6.45, 7) is 1.96. The van der Waals surface area contributed by atoms with Crippen molar-refractivity contribution in [1.29, 1.82) is 0 Å². The van der Waals surface area contributed by atoms with Crippen LogP contribution in [0.3, 0.4) is 0 Å². The Hall–Kier alpha value is -1.95. The van der Waals surface area contributed by atoms with Crippen LogP contribution in [0, 0.1) is 12.7 Å². The van der Waals surface area contributed by atoms with Gasteiger partial charge < -0.3 is 15.5 Å². The Morgan fingerprint density at radius 1 is 1.37 bits per heavy atom. The van der Waals surface area contributed by atoms with Crippen LogP contribution < -0.4 is 5.32 Å². The SMILES string of the molecule is Cc1cc(CCNC(CC(=O)O)C(=O)O)ccc1F. The Bertz CT molecular complexity index is 476. The largest absolute Gasteiger partial charge is 0.481 e. The molecule has 0 radical (unpaired) electrons. The molecular weight excluding hydrogens is 253 g/mol. The van der Waals surface area contributed by atoms with Gasteiger partial charge in [0.1, 0.15) is 11.9 Å². The fraction of sp³-hybridized carbons (Fsp3) is 0.385. The highest BCUT2D eigenvalue weighted by molar-refractivity contribution is 5.80. The Morgan fingerprint density at radius 2 is 2.05 bits per heavy atom. The zero-order chi connectivity index (χ0) is 14.4. The number of nitrogens with one attached hydrogen (secondary N) is 1. The van der Waals surface area contributed by atoms with E-state index in [-0.39, 0.29) is 5.82 Å². The van der Waals surface area contributed by atoms with E-state index < -0.39 is 24.4 Å². The normalized spacial score (nSPS) is 12.1. The van der Waals surface area contributed by atoms with Crippen LogP contribution in [0.5, 0.6) is 0 Å². The molecular formula is C13H16FNO4. The van der Waals surface area contributed by atoms with Gasteiger partial charge in [-0.25, -0.2) is 4.39 Å². The van der Waals surface area contributed by atoms with Crippen molar-refractivity contribution in [3.63, 3.8) is 0 Å². The molecule has 1 rings (SSSR count). The van der Waals surface area contributed by atoms with E-state index in [1.165, 1.54) is 6.07 Å². The van der Waals surface area contributed by atoms with Crippen molar-refractivity contribution in [3.05, 3.63) is 35.1 Å². The maximum atomic E-state index is 13.0. The second-order valence-corrected chi connectivity index (χ2v) is 4.28. The number of carbonyl (C=O) groups is 2. The molecule has 0 saturated carbocycles. The number of hydrogen-bond donors (Lipinski definition) is 3. The lowest BCUT2D eigenvalue weighted by molar-refractivity contribution is -0.145. The number of rotatable bonds is 7. The fourth-order valence-corrected chi connectivity index (χ4v) is 1.67. The van der Waals surface area contributed by atoms with Crippen LogP contribution in [0.1, 0.15) is 17.5 Å². The van der Waals surface area contributed by atoms with Crippen LogP contribution in [-0.4, -0.2) is 34.7 Å². The lowest BCUT2D eigenvalue weighted by atomic mass is 10.1. The second-order valence-electron chi connectivity index (χ2n) is 4.28. The Morgan fingerprint density at radius 3 is 2.58 bits per heavy atom. The van der Waals surface area contributed by atoms with Gasteiger partial charge in [-0.3, -0.25) is 9.59 Å². The average Bonchev–Trinajstić information content (AvgIpc) is 2.31. The van der Waals surface area contributed by atoms with Crippen molar-refractivity contribution in [3.8, 4) is 0 Å². The highest BCUT2D eigenvalue weighted by Crippen LogP contribution is 2.09. The van der Waals surface area contributed by atoms with Crippen molar-refractivity contribution in [1.82, 2.24) is 5.32 Å². The third-order valence-electron chi connectivity index (χ3n) is 2.70. The van der Waals surface area contributed by atoms with Gasteiger partial charge in [-0.05, 0) is 37.1 Å². The molecule has 0 aliphatic carbocycles. The van der Waals surface area contributed by atoms with Crippen molar-refractivity contribution in [2.24, 2.45) is 0 Å². The summed E-state index contributed by atoms with van der Waals surface area (Å²) in [5.74, 6) is -2.65. The minimum atomic E-state index is -1.20. The third-order valence-corrected chi connectivity index (χ3v) is 2.70. The maximum absolute atomic E-state index is 13.0. The first-order chi connectivity index (χ1) is 8.90. The van der Waals surface area contributed by atoms with Crippen molar-refractivity contribution < 1.29 is 24.2 Å². The van der Waals surface area contributed by atoms with Crippen LogP contribution in [0.2, 0.25) is 0 Å². The Balaban J connectivity index is 2.49. The molecule has 0 amide bonds. The predicted molar refractivity (Wildman–Crippen MR) is 66.5 cm³/mol. The molecule has 0 aliphatic rings. The molecule has 0 heterocycles. The van der Waals surface area contributed by atoms with E-state index in [0.29, 0.717) is 18.5 Å². The van der Waals surface area contributed by atoms with Gasteiger partial charge in [0.05, 0.1) is 6.42 Å². The summed E-state index contributed by atoms with van der Waals surface area (Å²) in [6, 6.07) is 3.55. The minimum Gasteiger partial charge on any atom is -0.481 e. The van der Waals surface area contributed by atoms with Crippen LogP contribution in [0.25, 0.3) is 0 Å². The molecule has 0 aliphatic heterocycles. The zero-order valence-corrected chi connectivity index (χ0v) is 10.5. The van der Waals surface area contributed by atoms with Gasteiger partial charge in [-0.2, -0.15) is 0 Å². The van der Waals surface area contributed by atoms with E-state index in [4.69, 9.17) is 10.2 Å². The van der Waals surface area contributed by atoms with Gasteiger partial charge in [0, 0.05) is 0 Å². The summed E-state index contributed by atoms with van der Waals surface area (Å²) >= 11 is 0. The van der Waals surface area contributed by atoms with Gasteiger partial charge in [0.2, 0.25) is 0 Å². The van der Waals surface area contributed by atoms with E-state index in [0.717, 1.165) is 5.56 Å². The molecule has 104 valence electrons. The van der Waals surface area contributed by atoms with Gasteiger partial charge >= 0.3 is 11.9 Å². The molecule has 19 heavy (non-hydrogen) atoms. The number of carboxylic acid groups (broad SMARTS) is 2. The van der Waals surface area contributed by atoms with Crippen LogP contribution >= 0.6 is 0 Å². The van der Waals surface area contributed by atoms with Crippen molar-refractivity contribution in [2.45, 2.75) is 25.8 Å². The Labute approximate surface area is 110 Å². The molecule has 1 aromatic carbocycles. The molecule has 5 nitrogen and oxygen atoms in total. The monoisotopic (exact) mass is 269 g/mol. The number of halogens is 1. The standard InChI is InChI=1S/C13H16FNO4/c1-8-6-9(2-3-10(8)14)4-5-15-11(13(18)19)7-12(16)17/h2-3,6,11,15H,4-5,7H2,1H3,(H,16,17)(H,18,19). The quantitative estimate of drug-likeness (QED) is 0.692. The van der Waals surface area contributed by atoms with E-state index in [1.54, 1.807) is 19.1 Å². The molecule has 0 saturated heterocycles. The van der Waals surface area contributed by atoms with E-state index in [9.17, 15) is 14.0 Å². The number of aliphatic carboxylic acids is 2. The number of hydrogen-bond acceptors (Lipinski definition) is 3. The van der Waals surface area contributed by atoms with E-state index in [2.05, 4.69) is 5.32 Å². The average molecular weight is 269 g/mol. The molecule has 6 heteroatoms. The molecule has 3 N–H and O–H groups in total. The Kier molecular flexibility index (Phi) is 5.44. The van der Waals surface area contributed by atoms with Crippen molar-refractivity contribution >= 4 is 11.9 Å². The first-order valence-corrected chi connectivity index (χ1v) is 5.83. The molecule has 0 spiro atoms. The van der Waals surface area contributed by atoms with Gasteiger partial charge in [-0.15, -0.1) is 0 Å². The summed E-state index contributed by atoms with van der Waals surface area (Å²) < 4.78 is 13.0. The molecule has 1 aromatic rings. The van der Waals surface area contributed by atoms with Gasteiger partial charge in [0.25, 0.3) is 0 Å². The zero-order valence-electron chi connectivity index (χ0n) is 10.5. The molecule has 0 aromatic heterocycles. The van der Waals surface area contributed by atoms with Gasteiger partial charge in [0.15, 0.2) is 0 Å². The van der Waals surface area contributed by atoms with E-state index in [1.807, 2.05) is 0 Å². The number of aryl methyl sites for hydroxylation is 1. The molecule has 1 atom stereocenters. The van der Waals surface area contributed by atoms with Crippen LogP contribution in [0.4, 0.5) is 4.39 Å². The highest BCUT2D eigenvalue weighted by atomic mass is 19.1. The summed E-state index contributed by atoms with van der Waals surface area (Å²) in [5.41, 5.74) is 1.39. The first-order valence-electron chi connectivity index (χ1n) is 5.83. The molecule has 0 bridgehead atoms. The van der Waals surface area contributed by atoms with Crippen LogP contribution in [-0.2, 0) is 16.0 Å². The highest BCUT2D eigenvalue weighted by Gasteiger charge is 2.19. The maximum Gasteiger partial charge on any atom is 0.321 e. The van der Waals surface area contributed by atoms with Crippen LogP contribution in [0.15, 0.2) is 18.2 Å².